The van der Waals surface area contributed by atoms with Crippen molar-refractivity contribution in [1.29, 1.82) is 0 Å². The molecule has 0 fully saturated rings. The zero-order valence-electron chi connectivity index (χ0n) is 17.9. The van der Waals surface area contributed by atoms with Crippen molar-refractivity contribution in [1.82, 2.24) is 4.72 Å². The Morgan fingerprint density at radius 2 is 1.47 bits per heavy atom. The zero-order valence-corrected chi connectivity index (χ0v) is 18.7. The van der Waals surface area contributed by atoms with E-state index in [1.165, 1.54) is 5.56 Å². The second-order valence-electron chi connectivity index (χ2n) is 8.46. The van der Waals surface area contributed by atoms with Gasteiger partial charge in [-0.3, -0.25) is 0 Å². The van der Waals surface area contributed by atoms with Gasteiger partial charge in [-0.25, -0.2) is 13.1 Å². The van der Waals surface area contributed by atoms with Gasteiger partial charge in [0.2, 0.25) is 10.0 Å². The normalized spacial score (nSPS) is 13.1. The van der Waals surface area contributed by atoms with Gasteiger partial charge in [0.15, 0.2) is 0 Å². The van der Waals surface area contributed by atoms with Crippen molar-refractivity contribution in [2.45, 2.75) is 44.1 Å². The van der Waals surface area contributed by atoms with Crippen LogP contribution >= 0.6 is 0 Å². The molecule has 0 aliphatic carbocycles. The van der Waals surface area contributed by atoms with Crippen LogP contribution in [0.15, 0.2) is 83.8 Å². The Bertz CT molecular complexity index is 1050. The van der Waals surface area contributed by atoms with Crippen LogP contribution in [0.2, 0.25) is 0 Å². The number of hydrogen-bond acceptors (Lipinski definition) is 3. The lowest BCUT2D eigenvalue weighted by atomic mass is 9.87. The number of benzene rings is 3. The van der Waals surface area contributed by atoms with Crippen molar-refractivity contribution in [2.75, 3.05) is 6.54 Å². The third-order valence-electron chi connectivity index (χ3n) is 4.96. The second-order valence-corrected chi connectivity index (χ2v) is 10.2. The minimum Gasteiger partial charge on any atom is -0.484 e. The molecule has 158 valence electrons. The fraction of sp³-hybridized carbons (Fsp3) is 0.280. The molecule has 0 aliphatic rings. The van der Waals surface area contributed by atoms with Gasteiger partial charge >= 0.3 is 0 Å². The molecule has 0 amide bonds. The highest BCUT2D eigenvalue weighted by Gasteiger charge is 2.20. The molecule has 1 N–H and O–H groups in total. The van der Waals surface area contributed by atoms with E-state index in [0.29, 0.717) is 5.75 Å². The monoisotopic (exact) mass is 423 g/mol. The number of rotatable bonds is 7. The van der Waals surface area contributed by atoms with Gasteiger partial charge in [0.25, 0.3) is 0 Å². The first kappa shape index (κ1) is 22.1. The maximum absolute atomic E-state index is 12.7. The molecule has 3 rings (SSSR count). The molecule has 30 heavy (non-hydrogen) atoms. The molecule has 0 saturated carbocycles. The summed E-state index contributed by atoms with van der Waals surface area (Å²) in [7, 11) is -3.63. The third-order valence-corrected chi connectivity index (χ3v) is 6.40. The summed E-state index contributed by atoms with van der Waals surface area (Å²) in [5.41, 5.74) is 3.19. The predicted octanol–water partition coefficient (Wildman–Crippen LogP) is 5.39. The summed E-state index contributed by atoms with van der Waals surface area (Å²) < 4.78 is 34.3. The standard InChI is InChI=1S/C25H29NO3S/c1-19-10-16-23(17-11-19)30(27,28)26-18-24(20-8-6-5-7-9-20)29-22-14-12-21(13-15-22)25(2,3)4/h5-17,24,26H,18H2,1-4H3. The minimum absolute atomic E-state index is 0.0566. The Kier molecular flexibility index (Phi) is 6.64. The molecule has 0 aromatic heterocycles. The van der Waals surface area contributed by atoms with Crippen LogP contribution in [-0.4, -0.2) is 15.0 Å². The van der Waals surface area contributed by atoms with Crippen molar-refractivity contribution >= 4 is 10.0 Å². The van der Waals surface area contributed by atoms with E-state index in [0.717, 1.165) is 11.1 Å². The Morgan fingerprint density at radius 3 is 2.03 bits per heavy atom. The molecule has 3 aromatic carbocycles. The van der Waals surface area contributed by atoms with Crippen LogP contribution in [0, 0.1) is 6.92 Å². The number of sulfonamides is 1. The van der Waals surface area contributed by atoms with Gasteiger partial charge in [0.1, 0.15) is 11.9 Å². The highest BCUT2D eigenvalue weighted by atomic mass is 32.2. The van der Waals surface area contributed by atoms with Crippen molar-refractivity contribution in [3.8, 4) is 5.75 Å². The quantitative estimate of drug-likeness (QED) is 0.554. The molecule has 0 heterocycles. The highest BCUT2D eigenvalue weighted by molar-refractivity contribution is 7.89. The first-order valence-corrected chi connectivity index (χ1v) is 11.5. The average molecular weight is 424 g/mol. The van der Waals surface area contributed by atoms with Gasteiger partial charge in [-0.15, -0.1) is 0 Å². The fourth-order valence-corrected chi connectivity index (χ4v) is 4.11. The highest BCUT2D eigenvalue weighted by Crippen LogP contribution is 2.27. The molecule has 4 nitrogen and oxygen atoms in total. The Hall–Kier alpha value is -2.63. The number of nitrogens with one attached hydrogen (secondary N) is 1. The molecule has 1 unspecified atom stereocenters. The van der Waals surface area contributed by atoms with Crippen LogP contribution in [0.5, 0.6) is 5.75 Å². The minimum atomic E-state index is -3.63. The smallest absolute Gasteiger partial charge is 0.240 e. The van der Waals surface area contributed by atoms with Crippen LogP contribution in [0.4, 0.5) is 0 Å². The van der Waals surface area contributed by atoms with E-state index in [1.807, 2.05) is 61.5 Å². The predicted molar refractivity (Wildman–Crippen MR) is 121 cm³/mol. The van der Waals surface area contributed by atoms with Gasteiger partial charge in [0, 0.05) is 0 Å². The Labute approximate surface area is 180 Å². The number of aryl methyl sites for hydroxylation is 1. The van der Waals surface area contributed by atoms with Crippen LogP contribution in [0.25, 0.3) is 0 Å². The summed E-state index contributed by atoms with van der Waals surface area (Å²) in [6.45, 7) is 8.54. The van der Waals surface area contributed by atoms with Gasteiger partial charge in [-0.05, 0) is 47.7 Å². The SMILES string of the molecule is Cc1ccc(S(=O)(=O)NCC(Oc2ccc(C(C)(C)C)cc2)c2ccccc2)cc1. The van der Waals surface area contributed by atoms with E-state index in [2.05, 4.69) is 25.5 Å². The lowest BCUT2D eigenvalue weighted by molar-refractivity contribution is 0.209. The maximum Gasteiger partial charge on any atom is 0.240 e. The van der Waals surface area contributed by atoms with E-state index >= 15 is 0 Å². The van der Waals surface area contributed by atoms with Gasteiger partial charge in [-0.2, -0.15) is 0 Å². The lowest BCUT2D eigenvalue weighted by Gasteiger charge is -2.22. The number of hydrogen-bond donors (Lipinski definition) is 1. The van der Waals surface area contributed by atoms with Gasteiger partial charge in [-0.1, -0.05) is 80.9 Å². The van der Waals surface area contributed by atoms with Crippen LogP contribution < -0.4 is 9.46 Å². The number of ether oxygens (including phenoxy) is 1. The van der Waals surface area contributed by atoms with E-state index < -0.39 is 16.1 Å². The summed E-state index contributed by atoms with van der Waals surface area (Å²) in [4.78, 5) is 0.245. The summed E-state index contributed by atoms with van der Waals surface area (Å²) in [5, 5.41) is 0. The Balaban J connectivity index is 1.79. The third kappa shape index (κ3) is 5.71. The average Bonchev–Trinajstić information content (AvgIpc) is 2.72. The first-order chi connectivity index (χ1) is 14.1. The maximum atomic E-state index is 12.7. The molecule has 5 heteroatoms. The molecular formula is C25H29NO3S. The molecule has 0 bridgehead atoms. The molecule has 0 spiro atoms. The molecule has 0 radical (unpaired) electrons. The molecule has 0 saturated heterocycles. The lowest BCUT2D eigenvalue weighted by Crippen LogP contribution is -2.30. The van der Waals surface area contributed by atoms with Gasteiger partial charge in [0.05, 0.1) is 11.4 Å². The topological polar surface area (TPSA) is 55.4 Å². The van der Waals surface area contributed by atoms with E-state index in [4.69, 9.17) is 4.74 Å². The summed E-state index contributed by atoms with van der Waals surface area (Å²) in [5.74, 6) is 0.700. The van der Waals surface area contributed by atoms with E-state index in [9.17, 15) is 8.42 Å². The largest absolute Gasteiger partial charge is 0.484 e. The van der Waals surface area contributed by atoms with Crippen LogP contribution in [-0.2, 0) is 15.4 Å². The Morgan fingerprint density at radius 1 is 0.867 bits per heavy atom. The first-order valence-electron chi connectivity index (χ1n) is 10.0. The van der Waals surface area contributed by atoms with E-state index in [-0.39, 0.29) is 16.9 Å². The fourth-order valence-electron chi connectivity index (χ4n) is 3.08. The van der Waals surface area contributed by atoms with Crippen molar-refractivity contribution < 1.29 is 13.2 Å². The van der Waals surface area contributed by atoms with Crippen LogP contribution in [0.3, 0.4) is 0 Å². The van der Waals surface area contributed by atoms with Crippen LogP contribution in [0.1, 0.15) is 43.6 Å². The molecule has 1 atom stereocenters. The second kappa shape index (κ2) is 9.02. The van der Waals surface area contributed by atoms with E-state index in [1.54, 1.807) is 24.3 Å². The van der Waals surface area contributed by atoms with Crippen molar-refractivity contribution in [3.05, 3.63) is 95.6 Å². The molecular weight excluding hydrogens is 394 g/mol. The van der Waals surface area contributed by atoms with Crippen molar-refractivity contribution in [2.24, 2.45) is 0 Å². The van der Waals surface area contributed by atoms with Gasteiger partial charge < -0.3 is 4.74 Å². The summed E-state index contributed by atoms with van der Waals surface area (Å²) >= 11 is 0. The summed E-state index contributed by atoms with van der Waals surface area (Å²) in [6, 6.07) is 24.4. The molecule has 3 aromatic rings. The van der Waals surface area contributed by atoms with Crippen molar-refractivity contribution in [3.63, 3.8) is 0 Å². The summed E-state index contributed by atoms with van der Waals surface area (Å²) in [6.07, 6.45) is -0.452. The molecule has 0 aliphatic heterocycles. The zero-order chi connectivity index (χ0) is 21.8.